The molecule has 1 amide bonds. The van der Waals surface area contributed by atoms with E-state index in [0.717, 1.165) is 12.1 Å². The lowest BCUT2D eigenvalue weighted by Crippen LogP contribution is -2.19. The number of nitrogens with zero attached hydrogens (tertiary/aromatic N) is 2. The monoisotopic (exact) mass is 337 g/mol. The van der Waals surface area contributed by atoms with Gasteiger partial charge in [0.05, 0.1) is 17.5 Å². The zero-order chi connectivity index (χ0) is 17.8. The normalized spacial score (nSPS) is 10.9. The molecule has 0 atom stereocenters. The number of aromatic nitrogens is 1. The quantitative estimate of drug-likeness (QED) is 0.254. The van der Waals surface area contributed by atoms with Crippen LogP contribution in [0.2, 0.25) is 0 Å². The molecule has 4 N–H and O–H groups in total. The maximum Gasteiger partial charge on any atom is 0.273 e. The molecule has 2 aromatic carbocycles. The van der Waals surface area contributed by atoms with Gasteiger partial charge in [0, 0.05) is 24.0 Å². The Balaban J connectivity index is 1.79. The summed E-state index contributed by atoms with van der Waals surface area (Å²) in [6, 6.07) is 12.9. The Morgan fingerprint density at radius 3 is 2.40 bits per heavy atom. The number of phenolic OH excluding ortho intramolecular Hbond substituents is 3. The van der Waals surface area contributed by atoms with Gasteiger partial charge in [0.15, 0.2) is 11.5 Å². The highest BCUT2D eigenvalue weighted by molar-refractivity contribution is 5.98. The molecular formula is C18H15N3O4. The second-order valence-electron chi connectivity index (χ2n) is 5.21. The molecular weight excluding hydrogens is 322 g/mol. The zero-order valence-electron chi connectivity index (χ0n) is 13.0. The summed E-state index contributed by atoms with van der Waals surface area (Å²) in [5.74, 6) is -1.55. The molecule has 0 spiro atoms. The van der Waals surface area contributed by atoms with Crippen molar-refractivity contribution in [1.29, 1.82) is 0 Å². The van der Waals surface area contributed by atoms with Gasteiger partial charge in [-0.2, -0.15) is 5.10 Å². The lowest BCUT2D eigenvalue weighted by molar-refractivity contribution is 0.0955. The fraction of sp³-hybridized carbons (Fsp3) is 0. The van der Waals surface area contributed by atoms with Crippen LogP contribution in [0.1, 0.15) is 15.9 Å². The molecule has 1 heterocycles. The van der Waals surface area contributed by atoms with Crippen molar-refractivity contribution in [3.8, 4) is 22.9 Å². The Kier molecular flexibility index (Phi) is 4.38. The van der Waals surface area contributed by atoms with Crippen molar-refractivity contribution >= 4 is 12.1 Å². The molecule has 0 saturated carbocycles. The maximum atomic E-state index is 12.4. The van der Waals surface area contributed by atoms with Crippen LogP contribution < -0.4 is 5.43 Å². The van der Waals surface area contributed by atoms with E-state index in [2.05, 4.69) is 10.5 Å². The standard InChI is InChI=1S/C18H15N3O4/c22-15-10-17(24)16(23)9-12(15)11-19-20-18(25)13-5-1-2-6-14(13)21-7-3-4-8-21/h1-11,22-24H,(H,20,25)/b19-11-. The number of carbonyl (C=O) groups is 1. The third-order valence-corrected chi connectivity index (χ3v) is 3.52. The van der Waals surface area contributed by atoms with Crippen molar-refractivity contribution in [2.24, 2.45) is 5.10 Å². The van der Waals surface area contributed by atoms with Gasteiger partial charge < -0.3 is 19.9 Å². The Morgan fingerprint density at radius 2 is 1.64 bits per heavy atom. The molecule has 0 unspecified atom stereocenters. The number of benzene rings is 2. The molecule has 126 valence electrons. The second-order valence-corrected chi connectivity index (χ2v) is 5.21. The number of hydrazone groups is 1. The number of para-hydroxylation sites is 1. The van der Waals surface area contributed by atoms with Gasteiger partial charge in [-0.3, -0.25) is 4.79 Å². The summed E-state index contributed by atoms with van der Waals surface area (Å²) >= 11 is 0. The van der Waals surface area contributed by atoms with Crippen LogP contribution in [0.25, 0.3) is 5.69 Å². The Hall–Kier alpha value is -3.74. The summed E-state index contributed by atoms with van der Waals surface area (Å²) < 4.78 is 1.81. The molecule has 0 bridgehead atoms. The smallest absolute Gasteiger partial charge is 0.273 e. The Labute approximate surface area is 143 Å². The number of nitrogens with one attached hydrogen (secondary N) is 1. The average molecular weight is 337 g/mol. The molecule has 0 aliphatic heterocycles. The summed E-state index contributed by atoms with van der Waals surface area (Å²) in [5, 5.41) is 32.2. The predicted molar refractivity (Wildman–Crippen MR) is 92.3 cm³/mol. The van der Waals surface area contributed by atoms with Gasteiger partial charge in [-0.05, 0) is 30.3 Å². The van der Waals surface area contributed by atoms with Crippen LogP contribution in [-0.4, -0.2) is 32.0 Å². The van der Waals surface area contributed by atoms with Crippen LogP contribution in [0, 0.1) is 0 Å². The molecule has 7 nitrogen and oxygen atoms in total. The summed E-state index contributed by atoms with van der Waals surface area (Å²) in [6.07, 6.45) is 4.82. The number of aromatic hydroxyl groups is 3. The van der Waals surface area contributed by atoms with Gasteiger partial charge in [-0.25, -0.2) is 5.43 Å². The lowest BCUT2D eigenvalue weighted by atomic mass is 10.1. The van der Waals surface area contributed by atoms with Gasteiger partial charge in [-0.15, -0.1) is 0 Å². The highest BCUT2D eigenvalue weighted by Crippen LogP contribution is 2.31. The Bertz CT molecular complexity index is 933. The van der Waals surface area contributed by atoms with E-state index in [4.69, 9.17) is 0 Å². The van der Waals surface area contributed by atoms with Gasteiger partial charge in [0.2, 0.25) is 0 Å². The van der Waals surface area contributed by atoms with E-state index in [1.54, 1.807) is 12.1 Å². The van der Waals surface area contributed by atoms with Crippen LogP contribution in [0.5, 0.6) is 17.2 Å². The second kappa shape index (κ2) is 6.79. The minimum Gasteiger partial charge on any atom is -0.507 e. The van der Waals surface area contributed by atoms with E-state index in [9.17, 15) is 20.1 Å². The molecule has 0 aliphatic rings. The van der Waals surface area contributed by atoms with Crippen LogP contribution in [0.15, 0.2) is 66.0 Å². The van der Waals surface area contributed by atoms with E-state index in [1.807, 2.05) is 41.2 Å². The first-order chi connectivity index (χ1) is 12.1. The van der Waals surface area contributed by atoms with Crippen LogP contribution in [-0.2, 0) is 0 Å². The number of hydrogen-bond acceptors (Lipinski definition) is 5. The highest BCUT2D eigenvalue weighted by Gasteiger charge is 2.11. The van der Waals surface area contributed by atoms with E-state index < -0.39 is 17.4 Å². The van der Waals surface area contributed by atoms with Gasteiger partial charge >= 0.3 is 0 Å². The van der Waals surface area contributed by atoms with Crippen molar-refractivity contribution in [1.82, 2.24) is 9.99 Å². The van der Waals surface area contributed by atoms with Crippen molar-refractivity contribution < 1.29 is 20.1 Å². The van der Waals surface area contributed by atoms with Crippen molar-refractivity contribution in [3.05, 3.63) is 72.1 Å². The molecule has 25 heavy (non-hydrogen) atoms. The van der Waals surface area contributed by atoms with Crippen molar-refractivity contribution in [2.75, 3.05) is 0 Å². The third-order valence-electron chi connectivity index (χ3n) is 3.52. The highest BCUT2D eigenvalue weighted by atomic mass is 16.3. The SMILES string of the molecule is O=C(N/N=C\c1cc(O)c(O)cc1O)c1ccccc1-n1cccc1. The first-order valence-corrected chi connectivity index (χ1v) is 7.37. The van der Waals surface area contributed by atoms with E-state index >= 15 is 0 Å². The zero-order valence-corrected chi connectivity index (χ0v) is 13.0. The van der Waals surface area contributed by atoms with Crippen molar-refractivity contribution in [3.63, 3.8) is 0 Å². The number of carbonyl (C=O) groups excluding carboxylic acids is 1. The molecule has 3 rings (SSSR count). The molecule has 0 fully saturated rings. The minimum atomic E-state index is -0.445. The fourth-order valence-corrected chi connectivity index (χ4v) is 2.29. The van der Waals surface area contributed by atoms with E-state index in [0.29, 0.717) is 11.3 Å². The maximum absolute atomic E-state index is 12.4. The summed E-state index contributed by atoms with van der Waals surface area (Å²) in [4.78, 5) is 12.4. The molecule has 3 aromatic rings. The lowest BCUT2D eigenvalue weighted by Gasteiger charge is -2.09. The van der Waals surface area contributed by atoms with Crippen molar-refractivity contribution in [2.45, 2.75) is 0 Å². The van der Waals surface area contributed by atoms with Gasteiger partial charge in [0.25, 0.3) is 5.91 Å². The summed E-state index contributed by atoms with van der Waals surface area (Å²) in [7, 11) is 0. The number of amides is 1. The summed E-state index contributed by atoms with van der Waals surface area (Å²) in [6.45, 7) is 0. The number of phenols is 3. The number of rotatable bonds is 4. The fourth-order valence-electron chi connectivity index (χ4n) is 2.29. The average Bonchev–Trinajstić information content (AvgIpc) is 3.13. The molecule has 0 aliphatic carbocycles. The molecule has 0 saturated heterocycles. The van der Waals surface area contributed by atoms with E-state index in [-0.39, 0.29) is 11.3 Å². The van der Waals surface area contributed by atoms with E-state index in [1.165, 1.54) is 6.21 Å². The van der Waals surface area contributed by atoms with Crippen LogP contribution >= 0.6 is 0 Å². The Morgan fingerprint density at radius 1 is 0.960 bits per heavy atom. The number of hydrogen-bond donors (Lipinski definition) is 4. The first-order valence-electron chi connectivity index (χ1n) is 7.37. The first kappa shape index (κ1) is 16.1. The topological polar surface area (TPSA) is 107 Å². The summed E-state index contributed by atoms with van der Waals surface area (Å²) in [5.41, 5.74) is 3.64. The predicted octanol–water partition coefficient (Wildman–Crippen LogP) is 2.36. The van der Waals surface area contributed by atoms with Crippen LogP contribution in [0.3, 0.4) is 0 Å². The minimum absolute atomic E-state index is 0.147. The van der Waals surface area contributed by atoms with Crippen LogP contribution in [0.4, 0.5) is 0 Å². The third kappa shape index (κ3) is 3.45. The molecule has 0 radical (unpaired) electrons. The largest absolute Gasteiger partial charge is 0.507 e. The molecule has 1 aromatic heterocycles. The molecule has 7 heteroatoms. The van der Waals surface area contributed by atoms with Gasteiger partial charge in [-0.1, -0.05) is 12.1 Å². The van der Waals surface area contributed by atoms with Gasteiger partial charge in [0.1, 0.15) is 5.75 Å².